The molecule has 116 valence electrons. The van der Waals surface area contributed by atoms with Crippen LogP contribution in [-0.2, 0) is 15.7 Å². The van der Waals surface area contributed by atoms with E-state index in [0.717, 1.165) is 31.4 Å². The van der Waals surface area contributed by atoms with Crippen LogP contribution in [0.3, 0.4) is 0 Å². The number of hydrogen-bond donors (Lipinski definition) is 1. The SMILES string of the molecule is Nc1cc(C(=O)OCC2CCCCO2)cc(C(F)(F)F)c1. The van der Waals surface area contributed by atoms with Gasteiger partial charge in [0.15, 0.2) is 0 Å². The highest BCUT2D eigenvalue weighted by atomic mass is 19.4. The molecule has 1 atom stereocenters. The standard InChI is InChI=1S/C14H16F3NO3/c15-14(16,17)10-5-9(6-11(18)7-10)13(19)21-8-12-3-1-2-4-20-12/h5-7,12H,1-4,8,18H2. The second kappa shape index (κ2) is 6.34. The normalized spacial score (nSPS) is 19.3. The highest BCUT2D eigenvalue weighted by Gasteiger charge is 2.32. The van der Waals surface area contributed by atoms with Crippen LogP contribution in [0.1, 0.15) is 35.2 Å². The first-order valence-electron chi connectivity index (χ1n) is 6.63. The summed E-state index contributed by atoms with van der Waals surface area (Å²) in [6, 6.07) is 2.68. The molecule has 7 heteroatoms. The number of anilines is 1. The lowest BCUT2D eigenvalue weighted by atomic mass is 10.1. The fourth-order valence-electron chi connectivity index (χ4n) is 2.12. The van der Waals surface area contributed by atoms with Crippen LogP contribution in [0.2, 0.25) is 0 Å². The van der Waals surface area contributed by atoms with Crippen molar-refractivity contribution < 1.29 is 27.4 Å². The van der Waals surface area contributed by atoms with Gasteiger partial charge in [0.1, 0.15) is 6.61 Å². The lowest BCUT2D eigenvalue weighted by Crippen LogP contribution is -2.26. The number of alkyl halides is 3. The van der Waals surface area contributed by atoms with Gasteiger partial charge in [0, 0.05) is 12.3 Å². The fraction of sp³-hybridized carbons (Fsp3) is 0.500. The van der Waals surface area contributed by atoms with Gasteiger partial charge in [-0.05, 0) is 37.5 Å². The highest BCUT2D eigenvalue weighted by Crippen LogP contribution is 2.31. The lowest BCUT2D eigenvalue weighted by molar-refractivity contribution is -0.137. The first-order chi connectivity index (χ1) is 9.86. The van der Waals surface area contributed by atoms with Gasteiger partial charge in [-0.1, -0.05) is 0 Å². The molecule has 1 fully saturated rings. The molecule has 0 aliphatic carbocycles. The molecule has 4 nitrogen and oxygen atoms in total. The Hall–Kier alpha value is -1.76. The van der Waals surface area contributed by atoms with Gasteiger partial charge in [0.05, 0.1) is 17.2 Å². The molecule has 0 bridgehead atoms. The Morgan fingerprint density at radius 1 is 1.33 bits per heavy atom. The van der Waals surface area contributed by atoms with Gasteiger partial charge in [0.2, 0.25) is 0 Å². The minimum Gasteiger partial charge on any atom is -0.459 e. The topological polar surface area (TPSA) is 61.6 Å². The number of nitrogen functional groups attached to an aromatic ring is 1. The van der Waals surface area contributed by atoms with Gasteiger partial charge < -0.3 is 15.2 Å². The summed E-state index contributed by atoms with van der Waals surface area (Å²) < 4.78 is 48.4. The van der Waals surface area contributed by atoms with Gasteiger partial charge in [-0.25, -0.2) is 4.79 Å². The van der Waals surface area contributed by atoms with Crippen LogP contribution >= 0.6 is 0 Å². The Balaban J connectivity index is 2.03. The maximum Gasteiger partial charge on any atom is 0.416 e. The van der Waals surface area contributed by atoms with Crippen LogP contribution < -0.4 is 5.73 Å². The number of nitrogens with two attached hydrogens (primary N) is 1. The van der Waals surface area contributed by atoms with Crippen LogP contribution in [-0.4, -0.2) is 25.3 Å². The first-order valence-corrected chi connectivity index (χ1v) is 6.63. The van der Waals surface area contributed by atoms with Gasteiger partial charge >= 0.3 is 12.1 Å². The van der Waals surface area contributed by atoms with E-state index in [2.05, 4.69) is 0 Å². The van der Waals surface area contributed by atoms with E-state index in [1.165, 1.54) is 6.07 Å². The maximum atomic E-state index is 12.7. The molecule has 2 rings (SSSR count). The Morgan fingerprint density at radius 3 is 2.71 bits per heavy atom. The van der Waals surface area contributed by atoms with Gasteiger partial charge in [-0.2, -0.15) is 13.2 Å². The molecule has 0 aromatic heterocycles. The third-order valence-corrected chi connectivity index (χ3v) is 3.19. The van der Waals surface area contributed by atoms with Crippen molar-refractivity contribution in [3.8, 4) is 0 Å². The van der Waals surface area contributed by atoms with Crippen molar-refractivity contribution in [1.82, 2.24) is 0 Å². The monoisotopic (exact) mass is 303 g/mol. The zero-order valence-electron chi connectivity index (χ0n) is 11.3. The number of carbonyl (C=O) groups excluding carboxylic acids is 1. The van der Waals surface area contributed by atoms with Crippen molar-refractivity contribution in [3.63, 3.8) is 0 Å². The number of halogens is 3. The number of benzene rings is 1. The molecule has 1 unspecified atom stereocenters. The smallest absolute Gasteiger partial charge is 0.416 e. The summed E-state index contributed by atoms with van der Waals surface area (Å²) in [5, 5.41) is 0. The molecule has 0 spiro atoms. The Bertz CT molecular complexity index is 511. The fourth-order valence-corrected chi connectivity index (χ4v) is 2.12. The predicted octanol–water partition coefficient (Wildman–Crippen LogP) is 3.01. The summed E-state index contributed by atoms with van der Waals surface area (Å²) in [7, 11) is 0. The average Bonchev–Trinajstić information content (AvgIpc) is 2.44. The molecule has 1 saturated heterocycles. The van der Waals surface area contributed by atoms with E-state index in [1.54, 1.807) is 0 Å². The van der Waals surface area contributed by atoms with Gasteiger partial charge in [-0.3, -0.25) is 0 Å². The molecule has 1 heterocycles. The van der Waals surface area contributed by atoms with E-state index in [1.807, 2.05) is 0 Å². The quantitative estimate of drug-likeness (QED) is 0.689. The van der Waals surface area contributed by atoms with E-state index in [9.17, 15) is 18.0 Å². The molecule has 0 saturated carbocycles. The van der Waals surface area contributed by atoms with Crippen LogP contribution in [0.4, 0.5) is 18.9 Å². The van der Waals surface area contributed by atoms with Crippen molar-refractivity contribution in [2.75, 3.05) is 18.9 Å². The summed E-state index contributed by atoms with van der Waals surface area (Å²) in [5.74, 6) is -0.832. The molecule has 1 aliphatic rings. The number of ether oxygens (including phenoxy) is 2. The highest BCUT2D eigenvalue weighted by molar-refractivity contribution is 5.90. The summed E-state index contributed by atoms with van der Waals surface area (Å²) >= 11 is 0. The maximum absolute atomic E-state index is 12.7. The number of rotatable bonds is 3. The molecular formula is C14H16F3NO3. The summed E-state index contributed by atoms with van der Waals surface area (Å²) in [5.41, 5.74) is 4.09. The van der Waals surface area contributed by atoms with Gasteiger partial charge in [-0.15, -0.1) is 0 Å². The average molecular weight is 303 g/mol. The van der Waals surface area contributed by atoms with Gasteiger partial charge in [0.25, 0.3) is 0 Å². The lowest BCUT2D eigenvalue weighted by Gasteiger charge is -2.22. The second-order valence-electron chi connectivity index (χ2n) is 4.93. The van der Waals surface area contributed by atoms with Crippen molar-refractivity contribution >= 4 is 11.7 Å². The molecule has 1 aromatic rings. The minimum atomic E-state index is -4.56. The van der Waals surface area contributed by atoms with E-state index in [4.69, 9.17) is 15.2 Å². The number of esters is 1. The van der Waals surface area contributed by atoms with E-state index in [-0.39, 0.29) is 24.0 Å². The zero-order valence-corrected chi connectivity index (χ0v) is 11.3. The molecule has 1 aliphatic heterocycles. The summed E-state index contributed by atoms with van der Waals surface area (Å²) in [4.78, 5) is 11.8. The second-order valence-corrected chi connectivity index (χ2v) is 4.93. The van der Waals surface area contributed by atoms with Crippen molar-refractivity contribution in [3.05, 3.63) is 29.3 Å². The van der Waals surface area contributed by atoms with E-state index >= 15 is 0 Å². The molecular weight excluding hydrogens is 287 g/mol. The van der Waals surface area contributed by atoms with E-state index < -0.39 is 17.7 Å². The third-order valence-electron chi connectivity index (χ3n) is 3.19. The van der Waals surface area contributed by atoms with Crippen LogP contribution in [0.25, 0.3) is 0 Å². The molecule has 2 N–H and O–H groups in total. The van der Waals surface area contributed by atoms with Crippen LogP contribution in [0.5, 0.6) is 0 Å². The van der Waals surface area contributed by atoms with E-state index in [0.29, 0.717) is 6.61 Å². The van der Waals surface area contributed by atoms with Crippen LogP contribution in [0, 0.1) is 0 Å². The Kier molecular flexibility index (Phi) is 4.72. The minimum absolute atomic E-state index is 0.0367. The predicted molar refractivity (Wildman–Crippen MR) is 69.7 cm³/mol. The van der Waals surface area contributed by atoms with Crippen molar-refractivity contribution in [2.24, 2.45) is 0 Å². The Morgan fingerprint density at radius 2 is 2.10 bits per heavy atom. The largest absolute Gasteiger partial charge is 0.459 e. The molecule has 21 heavy (non-hydrogen) atoms. The molecule has 1 aromatic carbocycles. The first kappa shape index (κ1) is 15.6. The zero-order chi connectivity index (χ0) is 15.5. The third kappa shape index (κ3) is 4.35. The Labute approximate surface area is 120 Å². The number of hydrogen-bond acceptors (Lipinski definition) is 4. The summed E-state index contributed by atoms with van der Waals surface area (Å²) in [6.07, 6.45) is -2.02. The summed E-state index contributed by atoms with van der Waals surface area (Å²) in [6.45, 7) is 0.647. The number of carbonyl (C=O) groups is 1. The molecule has 0 amide bonds. The van der Waals surface area contributed by atoms with Crippen molar-refractivity contribution in [2.45, 2.75) is 31.5 Å². The van der Waals surface area contributed by atoms with Crippen molar-refractivity contribution in [1.29, 1.82) is 0 Å². The molecule has 0 radical (unpaired) electrons. The van der Waals surface area contributed by atoms with Crippen LogP contribution in [0.15, 0.2) is 18.2 Å².